The van der Waals surface area contributed by atoms with Crippen molar-refractivity contribution in [2.75, 3.05) is 13.1 Å². The molecule has 1 aliphatic heterocycles. The number of rotatable bonds is 8. The minimum Gasteiger partial charge on any atom is -0.481 e. The Morgan fingerprint density at radius 2 is 1.74 bits per heavy atom. The number of nitrogens with zero attached hydrogens (tertiary/aromatic N) is 1. The van der Waals surface area contributed by atoms with Gasteiger partial charge in [0.25, 0.3) is 0 Å². The summed E-state index contributed by atoms with van der Waals surface area (Å²) in [6.07, 6.45) is -8.18. The summed E-state index contributed by atoms with van der Waals surface area (Å²) >= 11 is 0. The van der Waals surface area contributed by atoms with Crippen molar-refractivity contribution in [3.8, 4) is 0 Å². The molecule has 38 heavy (non-hydrogen) atoms. The summed E-state index contributed by atoms with van der Waals surface area (Å²) in [5, 5.41) is 9.24. The summed E-state index contributed by atoms with van der Waals surface area (Å²) < 4.78 is 85.9. The minimum atomic E-state index is -4.83. The highest BCUT2D eigenvalue weighted by atomic mass is 19.4. The number of likely N-dealkylation sites (tertiary alicyclic amines) is 1. The molecule has 0 bridgehead atoms. The molecule has 1 saturated carbocycles. The highest BCUT2D eigenvalue weighted by molar-refractivity contribution is 5.89. The number of benzene rings is 2. The molecule has 1 heterocycles. The van der Waals surface area contributed by atoms with E-state index in [0.717, 1.165) is 18.4 Å². The lowest BCUT2D eigenvalue weighted by Crippen LogP contribution is -2.29. The quantitative estimate of drug-likeness (QED) is 0.297. The molecule has 3 atom stereocenters. The average molecular weight is 544 g/mol. The van der Waals surface area contributed by atoms with E-state index in [-0.39, 0.29) is 36.9 Å². The van der Waals surface area contributed by atoms with Crippen LogP contribution in [0.25, 0.3) is 0 Å². The minimum absolute atomic E-state index is 0.0475. The van der Waals surface area contributed by atoms with Crippen molar-refractivity contribution >= 4 is 11.9 Å². The van der Waals surface area contributed by atoms with E-state index in [1.807, 2.05) is 0 Å². The Morgan fingerprint density at radius 1 is 1.03 bits per heavy atom. The van der Waals surface area contributed by atoms with Gasteiger partial charge in [0.15, 0.2) is 0 Å². The number of ether oxygens (including phenoxy) is 1. The fourth-order valence-electron chi connectivity index (χ4n) is 5.10. The fourth-order valence-corrected chi connectivity index (χ4v) is 5.10. The molecule has 206 valence electrons. The van der Waals surface area contributed by atoms with Crippen LogP contribution in [-0.2, 0) is 21.9 Å². The summed E-state index contributed by atoms with van der Waals surface area (Å²) in [5.74, 6) is -1.53. The molecule has 0 spiro atoms. The summed E-state index contributed by atoms with van der Waals surface area (Å²) in [5.41, 5.74) is -1.82. The van der Waals surface area contributed by atoms with E-state index in [9.17, 15) is 41.0 Å². The SMILES string of the molecule is CC(c1cc(C(F)(F)F)ccc1C(F)(F)F)N1CC[C@H](OC(=O)c2cccc([C@@H](CC(=O)O)C3CC3)c2)C1. The second-order valence-corrected chi connectivity index (χ2v) is 9.95. The average Bonchev–Trinajstić information content (AvgIpc) is 3.58. The van der Waals surface area contributed by atoms with Crippen molar-refractivity contribution in [1.82, 2.24) is 4.90 Å². The van der Waals surface area contributed by atoms with Gasteiger partial charge in [-0.3, -0.25) is 9.69 Å². The number of carboxylic acid groups (broad SMARTS) is 1. The van der Waals surface area contributed by atoms with Crippen molar-refractivity contribution in [3.05, 3.63) is 70.3 Å². The van der Waals surface area contributed by atoms with Crippen molar-refractivity contribution in [3.63, 3.8) is 0 Å². The van der Waals surface area contributed by atoms with Gasteiger partial charge in [0, 0.05) is 19.1 Å². The Morgan fingerprint density at radius 3 is 2.34 bits per heavy atom. The van der Waals surface area contributed by atoms with Crippen LogP contribution in [0.1, 0.15) is 77.2 Å². The zero-order valence-corrected chi connectivity index (χ0v) is 20.5. The molecule has 0 amide bonds. The van der Waals surface area contributed by atoms with Gasteiger partial charge in [-0.15, -0.1) is 0 Å². The van der Waals surface area contributed by atoms with Crippen molar-refractivity contribution in [1.29, 1.82) is 0 Å². The third-order valence-corrected chi connectivity index (χ3v) is 7.27. The lowest BCUT2D eigenvalue weighted by atomic mass is 9.90. The molecule has 1 saturated heterocycles. The molecule has 0 aromatic heterocycles. The first-order valence-electron chi connectivity index (χ1n) is 12.3. The maximum Gasteiger partial charge on any atom is 0.416 e. The van der Waals surface area contributed by atoms with Crippen LogP contribution in [0.4, 0.5) is 26.3 Å². The smallest absolute Gasteiger partial charge is 0.416 e. The topological polar surface area (TPSA) is 66.8 Å². The van der Waals surface area contributed by atoms with Crippen molar-refractivity contribution in [2.45, 2.75) is 63.0 Å². The zero-order chi connectivity index (χ0) is 27.8. The zero-order valence-electron chi connectivity index (χ0n) is 20.5. The van der Waals surface area contributed by atoms with Crippen LogP contribution in [0.5, 0.6) is 0 Å². The van der Waals surface area contributed by atoms with Crippen LogP contribution < -0.4 is 0 Å². The number of carboxylic acids is 1. The van der Waals surface area contributed by atoms with Gasteiger partial charge < -0.3 is 9.84 Å². The number of carbonyl (C=O) groups excluding carboxylic acids is 1. The molecule has 2 aromatic rings. The standard InChI is InChI=1S/C27H27F6NO4/c1-15(21-12-19(26(28,29)30)7-8-23(21)27(31,32)33)34-10-9-20(14-34)38-25(37)18-4-2-3-17(11-18)22(13-24(35)36)16-5-6-16/h2-4,7-8,11-12,15-16,20,22H,5-6,9-10,13-14H2,1H3,(H,35,36)/t15?,20-,22-/m0/s1. The van der Waals surface area contributed by atoms with Crippen LogP contribution in [0, 0.1) is 5.92 Å². The Balaban J connectivity index is 1.46. The first kappa shape index (κ1) is 27.9. The van der Waals surface area contributed by atoms with Gasteiger partial charge in [-0.05, 0) is 79.5 Å². The van der Waals surface area contributed by atoms with Gasteiger partial charge in [-0.2, -0.15) is 26.3 Å². The lowest BCUT2D eigenvalue weighted by Gasteiger charge is -2.28. The van der Waals surface area contributed by atoms with E-state index in [1.54, 1.807) is 29.2 Å². The first-order valence-corrected chi connectivity index (χ1v) is 12.3. The van der Waals surface area contributed by atoms with Crippen LogP contribution in [0.2, 0.25) is 0 Å². The highest BCUT2D eigenvalue weighted by Crippen LogP contribution is 2.45. The maximum absolute atomic E-state index is 13.6. The van der Waals surface area contributed by atoms with Gasteiger partial charge >= 0.3 is 24.3 Å². The number of hydrogen-bond donors (Lipinski definition) is 1. The van der Waals surface area contributed by atoms with Crippen LogP contribution in [-0.4, -0.2) is 41.1 Å². The Bertz CT molecular complexity index is 1190. The number of esters is 1. The maximum atomic E-state index is 13.6. The number of halogens is 6. The van der Waals surface area contributed by atoms with Crippen molar-refractivity contribution in [2.24, 2.45) is 5.92 Å². The normalized spacial score (nSPS) is 20.2. The summed E-state index contributed by atoms with van der Waals surface area (Å²) in [4.78, 5) is 25.7. The van der Waals surface area contributed by atoms with Crippen LogP contribution in [0.15, 0.2) is 42.5 Å². The molecule has 11 heteroatoms. The van der Waals surface area contributed by atoms with Crippen LogP contribution >= 0.6 is 0 Å². The van der Waals surface area contributed by atoms with E-state index in [2.05, 4.69) is 0 Å². The van der Waals surface area contributed by atoms with Crippen LogP contribution in [0.3, 0.4) is 0 Å². The third-order valence-electron chi connectivity index (χ3n) is 7.27. The molecule has 4 rings (SSSR count). The van der Waals surface area contributed by atoms with Gasteiger partial charge in [0.1, 0.15) is 6.10 Å². The predicted molar refractivity (Wildman–Crippen MR) is 124 cm³/mol. The van der Waals surface area contributed by atoms with Gasteiger partial charge in [0.05, 0.1) is 23.1 Å². The molecule has 5 nitrogen and oxygen atoms in total. The molecule has 2 aromatic carbocycles. The predicted octanol–water partition coefficient (Wildman–Crippen LogP) is 6.68. The lowest BCUT2D eigenvalue weighted by molar-refractivity contribution is -0.142. The molecule has 1 aliphatic carbocycles. The number of carbonyl (C=O) groups is 2. The number of aliphatic carboxylic acids is 1. The van der Waals surface area contributed by atoms with Gasteiger partial charge in [-0.25, -0.2) is 4.79 Å². The number of alkyl halides is 6. The molecular formula is C27H27F6NO4. The molecule has 1 unspecified atom stereocenters. The summed E-state index contributed by atoms with van der Waals surface area (Å²) in [6, 6.07) is 6.99. The Hall–Kier alpha value is -3.08. The molecule has 2 fully saturated rings. The monoisotopic (exact) mass is 543 g/mol. The van der Waals surface area contributed by atoms with E-state index >= 15 is 0 Å². The van der Waals surface area contributed by atoms with E-state index < -0.39 is 53.1 Å². The second kappa shape index (κ2) is 10.6. The molecule has 1 N–H and O–H groups in total. The summed E-state index contributed by atoms with van der Waals surface area (Å²) in [6.45, 7) is 1.69. The Labute approximate surface area is 215 Å². The van der Waals surface area contributed by atoms with E-state index in [0.29, 0.717) is 24.6 Å². The molecular weight excluding hydrogens is 516 g/mol. The van der Waals surface area contributed by atoms with Gasteiger partial charge in [-0.1, -0.05) is 12.1 Å². The van der Waals surface area contributed by atoms with Crippen molar-refractivity contribution < 1.29 is 45.8 Å². The van der Waals surface area contributed by atoms with E-state index in [4.69, 9.17) is 4.74 Å². The Kier molecular flexibility index (Phi) is 7.79. The fraction of sp³-hybridized carbons (Fsp3) is 0.481. The van der Waals surface area contributed by atoms with Gasteiger partial charge in [0.2, 0.25) is 0 Å². The molecule has 2 aliphatic rings. The van der Waals surface area contributed by atoms with E-state index in [1.165, 1.54) is 6.92 Å². The molecule has 0 radical (unpaired) electrons. The number of hydrogen-bond acceptors (Lipinski definition) is 4. The highest BCUT2D eigenvalue weighted by Gasteiger charge is 2.40. The second-order valence-electron chi connectivity index (χ2n) is 9.95. The largest absolute Gasteiger partial charge is 0.481 e. The first-order chi connectivity index (χ1) is 17.7. The third kappa shape index (κ3) is 6.48. The summed E-state index contributed by atoms with van der Waals surface area (Å²) in [7, 11) is 0.